The number of ether oxygens (including phenoxy) is 1. The Bertz CT molecular complexity index is 319. The number of morpholine rings is 1. The van der Waals surface area contributed by atoms with E-state index in [4.69, 9.17) is 9.84 Å². The molecule has 0 bridgehead atoms. The number of amides is 2. The average Bonchev–Trinajstić information content (AvgIpc) is 2.28. The van der Waals surface area contributed by atoms with Crippen LogP contribution in [0.15, 0.2) is 0 Å². The molecule has 0 aliphatic carbocycles. The number of carboxylic acids is 1. The van der Waals surface area contributed by atoms with E-state index in [-0.39, 0.29) is 24.1 Å². The Hall–Kier alpha value is -1.30. The Morgan fingerprint density at radius 1 is 1.39 bits per heavy atom. The van der Waals surface area contributed by atoms with Gasteiger partial charge in [-0.25, -0.2) is 9.59 Å². The summed E-state index contributed by atoms with van der Waals surface area (Å²) in [6.07, 6.45) is -0.0192. The minimum atomic E-state index is -1.01. The maximum absolute atomic E-state index is 12.1. The Kier molecular flexibility index (Phi) is 4.95. The van der Waals surface area contributed by atoms with Crippen LogP contribution in [0.25, 0.3) is 0 Å². The van der Waals surface area contributed by atoms with E-state index < -0.39 is 12.0 Å². The third kappa shape index (κ3) is 3.60. The van der Waals surface area contributed by atoms with E-state index in [0.29, 0.717) is 13.2 Å². The largest absolute Gasteiger partial charge is 0.480 e. The summed E-state index contributed by atoms with van der Waals surface area (Å²) >= 11 is 0. The molecule has 6 nitrogen and oxygen atoms in total. The number of nitrogens with one attached hydrogen (secondary N) is 1. The summed E-state index contributed by atoms with van der Waals surface area (Å²) in [6, 6.07) is -1.23. The van der Waals surface area contributed by atoms with E-state index in [9.17, 15) is 9.59 Å². The van der Waals surface area contributed by atoms with Gasteiger partial charge in [-0.05, 0) is 19.8 Å². The number of carboxylic acid groups (broad SMARTS) is 1. The van der Waals surface area contributed by atoms with Crippen LogP contribution in [0.5, 0.6) is 0 Å². The molecule has 2 amide bonds. The van der Waals surface area contributed by atoms with Gasteiger partial charge in [0.25, 0.3) is 0 Å². The Morgan fingerprint density at radius 2 is 2.00 bits per heavy atom. The van der Waals surface area contributed by atoms with E-state index in [1.165, 1.54) is 0 Å². The first-order valence-corrected chi connectivity index (χ1v) is 6.24. The molecule has 0 aromatic rings. The van der Waals surface area contributed by atoms with E-state index in [1.807, 2.05) is 13.8 Å². The number of carbonyl (C=O) groups excluding carboxylic acids is 1. The zero-order chi connectivity index (χ0) is 13.9. The third-order valence-corrected chi connectivity index (χ3v) is 3.08. The number of nitrogens with zero attached hydrogens (tertiary/aromatic N) is 1. The van der Waals surface area contributed by atoms with Crippen LogP contribution in [0.2, 0.25) is 0 Å². The summed E-state index contributed by atoms with van der Waals surface area (Å²) < 4.78 is 5.43. The van der Waals surface area contributed by atoms with Crippen LogP contribution in [0.1, 0.15) is 27.7 Å². The molecule has 1 rings (SSSR count). The number of hydrogen-bond acceptors (Lipinski definition) is 3. The van der Waals surface area contributed by atoms with Crippen molar-refractivity contribution in [3.63, 3.8) is 0 Å². The first kappa shape index (κ1) is 14.8. The van der Waals surface area contributed by atoms with Crippen molar-refractivity contribution < 1.29 is 19.4 Å². The maximum atomic E-state index is 12.1. The molecule has 0 radical (unpaired) electrons. The van der Waals surface area contributed by atoms with Gasteiger partial charge >= 0.3 is 12.0 Å². The highest BCUT2D eigenvalue weighted by Gasteiger charge is 2.31. The van der Waals surface area contributed by atoms with Crippen LogP contribution in [-0.2, 0) is 9.53 Å². The fourth-order valence-corrected chi connectivity index (χ4v) is 1.92. The number of aliphatic carboxylic acids is 1. The van der Waals surface area contributed by atoms with Crippen molar-refractivity contribution >= 4 is 12.0 Å². The van der Waals surface area contributed by atoms with Crippen LogP contribution >= 0.6 is 0 Å². The lowest BCUT2D eigenvalue weighted by Gasteiger charge is -2.37. The number of hydrogen-bond donors (Lipinski definition) is 2. The normalized spacial score (nSPS) is 25.9. The molecule has 1 fully saturated rings. The van der Waals surface area contributed by atoms with Crippen molar-refractivity contribution in [2.45, 2.75) is 45.9 Å². The van der Waals surface area contributed by atoms with E-state index in [0.717, 1.165) is 0 Å². The molecule has 0 spiro atoms. The van der Waals surface area contributed by atoms with Crippen LogP contribution in [-0.4, -0.2) is 53.3 Å². The van der Waals surface area contributed by atoms with Gasteiger partial charge in [-0.15, -0.1) is 0 Å². The highest BCUT2D eigenvalue weighted by molar-refractivity contribution is 5.83. The molecule has 1 heterocycles. The second-order valence-corrected chi connectivity index (χ2v) is 5.15. The van der Waals surface area contributed by atoms with Crippen LogP contribution in [0, 0.1) is 5.92 Å². The van der Waals surface area contributed by atoms with E-state index in [1.54, 1.807) is 18.7 Å². The molecule has 6 heteroatoms. The monoisotopic (exact) mass is 258 g/mol. The topological polar surface area (TPSA) is 78.9 Å². The van der Waals surface area contributed by atoms with Gasteiger partial charge in [-0.1, -0.05) is 13.8 Å². The predicted molar refractivity (Wildman–Crippen MR) is 66.4 cm³/mol. The van der Waals surface area contributed by atoms with Gasteiger partial charge in [0, 0.05) is 6.54 Å². The van der Waals surface area contributed by atoms with Crippen LogP contribution < -0.4 is 5.32 Å². The Labute approximate surface area is 107 Å². The summed E-state index contributed by atoms with van der Waals surface area (Å²) in [5, 5.41) is 11.6. The standard InChI is InChI=1S/C12H22N2O4/c1-7(2)10(11(15)16)13-12(17)14-5-9(4)18-6-8(14)3/h7-10H,5-6H2,1-4H3,(H,13,17)(H,15,16)/t8?,9?,10-/m1/s1. The predicted octanol–water partition coefficient (Wildman–Crippen LogP) is 0.914. The van der Waals surface area contributed by atoms with Gasteiger partial charge < -0.3 is 20.1 Å². The second kappa shape index (κ2) is 6.04. The van der Waals surface area contributed by atoms with Crippen LogP contribution in [0.3, 0.4) is 0 Å². The summed E-state index contributed by atoms with van der Waals surface area (Å²) in [5.41, 5.74) is 0. The minimum absolute atomic E-state index is 0.0192. The van der Waals surface area contributed by atoms with Gasteiger partial charge in [0.2, 0.25) is 0 Å². The fourth-order valence-electron chi connectivity index (χ4n) is 1.92. The molecule has 1 saturated heterocycles. The molecular weight excluding hydrogens is 236 g/mol. The average molecular weight is 258 g/mol. The van der Waals surface area contributed by atoms with Crippen molar-refractivity contribution in [1.29, 1.82) is 0 Å². The lowest BCUT2D eigenvalue weighted by Crippen LogP contribution is -2.57. The molecule has 0 aromatic carbocycles. The number of rotatable bonds is 3. The Balaban J connectivity index is 2.65. The van der Waals surface area contributed by atoms with E-state index in [2.05, 4.69) is 5.32 Å². The SMILES string of the molecule is CC1CN(C(=O)N[C@@H](C(=O)O)C(C)C)C(C)CO1. The highest BCUT2D eigenvalue weighted by Crippen LogP contribution is 2.12. The van der Waals surface area contributed by atoms with Crippen molar-refractivity contribution in [1.82, 2.24) is 10.2 Å². The lowest BCUT2D eigenvalue weighted by molar-refractivity contribution is -0.140. The zero-order valence-corrected chi connectivity index (χ0v) is 11.3. The molecule has 18 heavy (non-hydrogen) atoms. The lowest BCUT2D eigenvalue weighted by atomic mass is 10.1. The van der Waals surface area contributed by atoms with Gasteiger partial charge in [-0.3, -0.25) is 0 Å². The molecule has 0 aromatic heterocycles. The fraction of sp³-hybridized carbons (Fsp3) is 0.833. The molecule has 0 saturated carbocycles. The molecular formula is C12H22N2O4. The molecule has 1 aliphatic rings. The maximum Gasteiger partial charge on any atom is 0.326 e. The second-order valence-electron chi connectivity index (χ2n) is 5.15. The van der Waals surface area contributed by atoms with Crippen molar-refractivity contribution in [2.24, 2.45) is 5.92 Å². The highest BCUT2D eigenvalue weighted by atomic mass is 16.5. The molecule has 1 aliphatic heterocycles. The van der Waals surface area contributed by atoms with Crippen molar-refractivity contribution in [3.8, 4) is 0 Å². The summed E-state index contributed by atoms with van der Waals surface area (Å²) in [7, 11) is 0. The van der Waals surface area contributed by atoms with E-state index >= 15 is 0 Å². The summed E-state index contributed by atoms with van der Waals surface area (Å²) in [4.78, 5) is 24.7. The molecule has 2 unspecified atom stereocenters. The summed E-state index contributed by atoms with van der Waals surface area (Å²) in [5.74, 6) is -1.16. The van der Waals surface area contributed by atoms with Gasteiger partial charge in [0.1, 0.15) is 6.04 Å². The third-order valence-electron chi connectivity index (χ3n) is 3.08. The number of urea groups is 1. The van der Waals surface area contributed by atoms with Crippen LogP contribution in [0.4, 0.5) is 4.79 Å². The smallest absolute Gasteiger partial charge is 0.326 e. The molecule has 2 N–H and O–H groups in total. The summed E-state index contributed by atoms with van der Waals surface area (Å²) in [6.45, 7) is 8.28. The first-order valence-electron chi connectivity index (χ1n) is 6.24. The Morgan fingerprint density at radius 3 is 2.50 bits per heavy atom. The van der Waals surface area contributed by atoms with Gasteiger partial charge in [-0.2, -0.15) is 0 Å². The van der Waals surface area contributed by atoms with Gasteiger partial charge in [0.05, 0.1) is 18.8 Å². The van der Waals surface area contributed by atoms with Crippen molar-refractivity contribution in [3.05, 3.63) is 0 Å². The molecule has 3 atom stereocenters. The quantitative estimate of drug-likeness (QED) is 0.788. The molecule has 104 valence electrons. The van der Waals surface area contributed by atoms with Gasteiger partial charge in [0.15, 0.2) is 0 Å². The van der Waals surface area contributed by atoms with Crippen molar-refractivity contribution in [2.75, 3.05) is 13.2 Å². The zero-order valence-electron chi connectivity index (χ0n) is 11.3. The first-order chi connectivity index (χ1) is 8.32. The number of carbonyl (C=O) groups is 2. The minimum Gasteiger partial charge on any atom is -0.480 e.